The number of aromatic nitrogens is 2. The van der Waals surface area contributed by atoms with Crippen LogP contribution in [0.5, 0.6) is 11.5 Å². The number of hydrogen-bond acceptors (Lipinski definition) is 6. The minimum atomic E-state index is -4.60. The molecule has 1 heterocycles. The van der Waals surface area contributed by atoms with Crippen molar-refractivity contribution >= 4 is 34.7 Å². The van der Waals surface area contributed by atoms with Crippen molar-refractivity contribution in [2.45, 2.75) is 13.1 Å². The van der Waals surface area contributed by atoms with Crippen LogP contribution in [0.4, 0.5) is 13.2 Å². The van der Waals surface area contributed by atoms with Gasteiger partial charge in [0.15, 0.2) is 17.3 Å². The Morgan fingerprint density at radius 2 is 1.86 bits per heavy atom. The Kier molecular flexibility index (Phi) is 6.80. The molecule has 0 radical (unpaired) electrons. The van der Waals surface area contributed by atoms with Gasteiger partial charge in [-0.2, -0.15) is 22.9 Å². The van der Waals surface area contributed by atoms with Crippen LogP contribution in [0.15, 0.2) is 70.6 Å². The molecule has 0 amide bonds. The zero-order valence-electron chi connectivity index (χ0n) is 18.8. The van der Waals surface area contributed by atoms with Crippen LogP contribution in [-0.4, -0.2) is 29.0 Å². The Balaban J connectivity index is 1.96. The van der Waals surface area contributed by atoms with E-state index in [-0.39, 0.29) is 44.4 Å². The van der Waals surface area contributed by atoms with Crippen LogP contribution in [0.3, 0.4) is 0 Å². The second kappa shape index (κ2) is 9.82. The fourth-order valence-electron chi connectivity index (χ4n) is 3.46. The normalized spacial score (nSPS) is 11.7. The Hall–Kier alpha value is -4.18. The molecule has 11 heteroatoms. The van der Waals surface area contributed by atoms with E-state index in [0.717, 1.165) is 16.8 Å². The molecular formula is C25H17ClF3N3O4. The minimum Gasteiger partial charge on any atom is -0.493 e. The number of ether oxygens (including phenoxy) is 2. The molecule has 0 unspecified atom stereocenters. The largest absolute Gasteiger partial charge is 0.493 e. The zero-order valence-corrected chi connectivity index (χ0v) is 19.6. The number of nitrogens with zero attached hydrogens (tertiary/aromatic N) is 3. The highest BCUT2D eigenvalue weighted by Gasteiger charge is 2.31. The molecule has 4 rings (SSSR count). The van der Waals surface area contributed by atoms with Crippen molar-refractivity contribution in [3.63, 3.8) is 0 Å². The third kappa shape index (κ3) is 5.08. The van der Waals surface area contributed by atoms with Crippen molar-refractivity contribution in [2.24, 2.45) is 5.10 Å². The van der Waals surface area contributed by atoms with Gasteiger partial charge in [-0.05, 0) is 30.3 Å². The second-order valence-electron chi connectivity index (χ2n) is 7.51. The molecule has 0 bridgehead atoms. The Bertz CT molecular complexity index is 1560. The molecule has 0 atom stereocenters. The Morgan fingerprint density at radius 3 is 2.56 bits per heavy atom. The van der Waals surface area contributed by atoms with E-state index in [1.807, 2.05) is 0 Å². The van der Waals surface area contributed by atoms with E-state index in [1.165, 1.54) is 50.6 Å². The van der Waals surface area contributed by atoms with E-state index in [9.17, 15) is 22.8 Å². The number of rotatable bonds is 5. The average molecular weight is 516 g/mol. The number of para-hydroxylation sites is 1. The second-order valence-corrected chi connectivity index (χ2v) is 7.95. The minimum absolute atomic E-state index is 0.000524. The maximum Gasteiger partial charge on any atom is 0.416 e. The molecule has 1 aromatic heterocycles. The maximum atomic E-state index is 13.4. The fourth-order valence-corrected chi connectivity index (χ4v) is 3.68. The molecule has 0 N–H and O–H groups in total. The third-order valence-corrected chi connectivity index (χ3v) is 5.25. The van der Waals surface area contributed by atoms with E-state index in [0.29, 0.717) is 0 Å². The predicted octanol–water partition coefficient (Wildman–Crippen LogP) is 5.55. The van der Waals surface area contributed by atoms with E-state index in [1.54, 1.807) is 18.2 Å². The van der Waals surface area contributed by atoms with Gasteiger partial charge in [-0.15, -0.1) is 0 Å². The van der Waals surface area contributed by atoms with Gasteiger partial charge in [-0.1, -0.05) is 35.9 Å². The number of alkyl halides is 3. The summed E-state index contributed by atoms with van der Waals surface area (Å²) < 4.78 is 51.4. The standard InChI is InChI=1S/C25H17ClF3N3O4/c1-14(33)36-22-16(11-18(26)12-21(22)35-2)13-30-32-23(15-6-5-7-17(10-15)25(27,28)29)31-20-9-4-3-8-19(20)24(32)34/h3-13H,1-2H3. The van der Waals surface area contributed by atoms with E-state index < -0.39 is 23.3 Å². The summed E-state index contributed by atoms with van der Waals surface area (Å²) in [5.74, 6) is -0.620. The van der Waals surface area contributed by atoms with Gasteiger partial charge in [0, 0.05) is 29.1 Å². The highest BCUT2D eigenvalue weighted by Crippen LogP contribution is 2.34. The average Bonchev–Trinajstić information content (AvgIpc) is 2.84. The predicted molar refractivity (Wildman–Crippen MR) is 129 cm³/mol. The van der Waals surface area contributed by atoms with Crippen LogP contribution in [0, 0.1) is 0 Å². The summed E-state index contributed by atoms with van der Waals surface area (Å²) in [7, 11) is 1.35. The monoisotopic (exact) mass is 515 g/mol. The topological polar surface area (TPSA) is 82.8 Å². The van der Waals surface area contributed by atoms with Crippen molar-refractivity contribution in [3.05, 3.63) is 87.2 Å². The highest BCUT2D eigenvalue weighted by atomic mass is 35.5. The number of halogens is 4. The van der Waals surface area contributed by atoms with Crippen LogP contribution in [-0.2, 0) is 11.0 Å². The lowest BCUT2D eigenvalue weighted by Crippen LogP contribution is -2.20. The molecule has 0 fully saturated rings. The van der Waals surface area contributed by atoms with Crippen molar-refractivity contribution in [1.82, 2.24) is 9.66 Å². The summed E-state index contributed by atoms with van der Waals surface area (Å²) in [6, 6.07) is 13.6. The number of fused-ring (bicyclic) bond motifs is 1. The van der Waals surface area contributed by atoms with Crippen LogP contribution in [0.2, 0.25) is 5.02 Å². The molecule has 3 aromatic carbocycles. The molecule has 0 saturated carbocycles. The number of hydrogen-bond donors (Lipinski definition) is 0. The molecule has 0 saturated heterocycles. The highest BCUT2D eigenvalue weighted by molar-refractivity contribution is 6.31. The number of methoxy groups -OCH3 is 1. The third-order valence-electron chi connectivity index (χ3n) is 5.03. The lowest BCUT2D eigenvalue weighted by molar-refractivity contribution is -0.137. The smallest absolute Gasteiger partial charge is 0.416 e. The van der Waals surface area contributed by atoms with Gasteiger partial charge >= 0.3 is 12.1 Å². The molecule has 7 nitrogen and oxygen atoms in total. The molecular weight excluding hydrogens is 499 g/mol. The summed E-state index contributed by atoms with van der Waals surface area (Å²) in [5, 5.41) is 4.64. The number of carbonyl (C=O) groups excluding carboxylic acids is 1. The number of carbonyl (C=O) groups is 1. The van der Waals surface area contributed by atoms with Crippen molar-refractivity contribution in [2.75, 3.05) is 7.11 Å². The van der Waals surface area contributed by atoms with E-state index in [2.05, 4.69) is 10.1 Å². The Labute approximate surface area is 207 Å². The lowest BCUT2D eigenvalue weighted by atomic mass is 10.1. The number of benzene rings is 3. The fraction of sp³-hybridized carbons (Fsp3) is 0.120. The molecule has 0 aliphatic rings. The molecule has 184 valence electrons. The molecule has 4 aromatic rings. The molecule has 0 aliphatic heterocycles. The Morgan fingerprint density at radius 1 is 1.11 bits per heavy atom. The van der Waals surface area contributed by atoms with Gasteiger partial charge in [0.1, 0.15) is 0 Å². The SMILES string of the molecule is COc1cc(Cl)cc(C=Nn2c(-c3cccc(C(F)(F)F)c3)nc3ccccc3c2=O)c1OC(C)=O. The van der Waals surface area contributed by atoms with Crippen molar-refractivity contribution < 1.29 is 27.4 Å². The molecule has 36 heavy (non-hydrogen) atoms. The van der Waals surface area contributed by atoms with Crippen LogP contribution in [0.25, 0.3) is 22.3 Å². The summed E-state index contributed by atoms with van der Waals surface area (Å²) >= 11 is 6.15. The van der Waals surface area contributed by atoms with Gasteiger partial charge in [-0.3, -0.25) is 9.59 Å². The lowest BCUT2D eigenvalue weighted by Gasteiger charge is -2.13. The van der Waals surface area contributed by atoms with Crippen molar-refractivity contribution in [1.29, 1.82) is 0 Å². The maximum absolute atomic E-state index is 13.4. The van der Waals surface area contributed by atoms with Crippen molar-refractivity contribution in [3.8, 4) is 22.9 Å². The number of esters is 1. The summed E-state index contributed by atoms with van der Waals surface area (Å²) in [6.07, 6.45) is -3.42. The van der Waals surface area contributed by atoms with Crippen LogP contribution < -0.4 is 15.0 Å². The van der Waals surface area contributed by atoms with Gasteiger partial charge in [-0.25, -0.2) is 4.98 Å². The van der Waals surface area contributed by atoms with Crippen LogP contribution in [0.1, 0.15) is 18.1 Å². The van der Waals surface area contributed by atoms with E-state index in [4.69, 9.17) is 21.1 Å². The van der Waals surface area contributed by atoms with Gasteiger partial charge in [0.25, 0.3) is 5.56 Å². The molecule has 0 spiro atoms. The van der Waals surface area contributed by atoms with Gasteiger partial charge in [0.05, 0.1) is 29.8 Å². The summed E-state index contributed by atoms with van der Waals surface area (Å²) in [4.78, 5) is 29.4. The quantitative estimate of drug-likeness (QED) is 0.198. The van der Waals surface area contributed by atoms with Gasteiger partial charge in [0.2, 0.25) is 0 Å². The first-order chi connectivity index (χ1) is 17.1. The van der Waals surface area contributed by atoms with Crippen LogP contribution >= 0.6 is 11.6 Å². The first kappa shape index (κ1) is 24.9. The first-order valence-electron chi connectivity index (χ1n) is 10.4. The summed E-state index contributed by atoms with van der Waals surface area (Å²) in [6.45, 7) is 1.19. The van der Waals surface area contributed by atoms with E-state index >= 15 is 0 Å². The first-order valence-corrected chi connectivity index (χ1v) is 10.8. The summed E-state index contributed by atoms with van der Waals surface area (Å²) in [5.41, 5.74) is -1.04. The molecule has 0 aliphatic carbocycles. The zero-order chi connectivity index (χ0) is 26.0. The van der Waals surface area contributed by atoms with Gasteiger partial charge < -0.3 is 9.47 Å².